The summed E-state index contributed by atoms with van der Waals surface area (Å²) in [5, 5.41) is 12.8. The summed E-state index contributed by atoms with van der Waals surface area (Å²) >= 11 is 0. The molecule has 0 amide bonds. The molecule has 4 nitrogen and oxygen atoms in total. The quantitative estimate of drug-likeness (QED) is 0.531. The summed E-state index contributed by atoms with van der Waals surface area (Å²) in [6, 6.07) is 2.30. The zero-order valence-corrected chi connectivity index (χ0v) is 17.0. The van der Waals surface area contributed by atoms with Crippen LogP contribution in [0, 0.1) is 0 Å². The first-order valence-electron chi connectivity index (χ1n) is 10.9. The molecule has 26 heavy (non-hydrogen) atoms. The second-order valence-electron chi connectivity index (χ2n) is 8.67. The van der Waals surface area contributed by atoms with Gasteiger partial charge >= 0.3 is 0 Å². The molecule has 1 aliphatic carbocycles. The molecule has 2 aromatic rings. The predicted molar refractivity (Wildman–Crippen MR) is 110 cm³/mol. The summed E-state index contributed by atoms with van der Waals surface area (Å²) in [5.41, 5.74) is 3.92. The Morgan fingerprint density at radius 2 is 1.85 bits per heavy atom. The van der Waals surface area contributed by atoms with Gasteiger partial charge in [0, 0.05) is 11.8 Å². The van der Waals surface area contributed by atoms with Crippen LogP contribution in [0.15, 0.2) is 12.3 Å². The van der Waals surface area contributed by atoms with E-state index in [9.17, 15) is 0 Å². The third kappa shape index (κ3) is 4.29. The van der Waals surface area contributed by atoms with Gasteiger partial charge in [-0.3, -0.25) is 0 Å². The van der Waals surface area contributed by atoms with Gasteiger partial charge in [0.25, 0.3) is 0 Å². The topological polar surface area (TPSA) is 43.1 Å². The van der Waals surface area contributed by atoms with Gasteiger partial charge in [0.2, 0.25) is 0 Å². The first-order valence-corrected chi connectivity index (χ1v) is 10.9. The lowest BCUT2D eigenvalue weighted by Crippen LogP contribution is -2.30. The number of aromatic nitrogens is 4. The van der Waals surface area contributed by atoms with Crippen LogP contribution < -0.4 is 0 Å². The largest absolute Gasteiger partial charge is 0.200 e. The summed E-state index contributed by atoms with van der Waals surface area (Å²) in [6.45, 7) is 4.68. The molecule has 2 heterocycles. The Bertz CT molecular complexity index is 688. The molecule has 0 saturated heterocycles. The van der Waals surface area contributed by atoms with Crippen LogP contribution in [-0.4, -0.2) is 27.9 Å². The Balaban J connectivity index is 1.94. The molecular weight excluding hydrogens is 319 g/mol. The van der Waals surface area contributed by atoms with E-state index in [0.717, 1.165) is 5.65 Å². The molecule has 0 aliphatic heterocycles. The van der Waals surface area contributed by atoms with Crippen molar-refractivity contribution in [3.05, 3.63) is 23.4 Å². The number of nitrogens with zero attached hydrogens (tertiary/aromatic N) is 4. The summed E-state index contributed by atoms with van der Waals surface area (Å²) in [5.74, 6) is 0.575. The zero-order chi connectivity index (χ0) is 18.4. The third-order valence-electron chi connectivity index (χ3n) is 6.48. The Morgan fingerprint density at radius 3 is 2.58 bits per heavy atom. The Kier molecular flexibility index (Phi) is 6.71. The van der Waals surface area contributed by atoms with Crippen LogP contribution in [-0.2, 0) is 5.31 Å². The lowest BCUT2D eigenvalue weighted by molar-refractivity contribution is 0.412. The number of tetrazole rings is 1. The molecule has 142 valence electrons. The average Bonchev–Trinajstić information content (AvgIpc) is 3.09. The summed E-state index contributed by atoms with van der Waals surface area (Å²) in [4.78, 5) is 0. The molecule has 1 atom stereocenters. The van der Waals surface area contributed by atoms with Gasteiger partial charge in [0.15, 0.2) is 5.65 Å². The van der Waals surface area contributed by atoms with Gasteiger partial charge in [0.1, 0.15) is 7.85 Å². The van der Waals surface area contributed by atoms with E-state index in [4.69, 9.17) is 0 Å². The maximum atomic E-state index is 4.45. The Morgan fingerprint density at radius 1 is 1.12 bits per heavy atom. The van der Waals surface area contributed by atoms with Crippen molar-refractivity contribution in [2.24, 2.45) is 0 Å². The summed E-state index contributed by atoms with van der Waals surface area (Å²) < 4.78 is 1.88. The number of pyridine rings is 1. The lowest BCUT2D eigenvalue weighted by atomic mass is 9.56. The van der Waals surface area contributed by atoms with E-state index in [1.165, 1.54) is 88.2 Å². The van der Waals surface area contributed by atoms with Crippen LogP contribution in [0.2, 0.25) is 0 Å². The third-order valence-corrected chi connectivity index (χ3v) is 6.48. The Hall–Kier alpha value is -1.39. The predicted octanol–water partition coefficient (Wildman–Crippen LogP) is 4.77. The highest BCUT2D eigenvalue weighted by Crippen LogP contribution is 2.41. The van der Waals surface area contributed by atoms with E-state index in [2.05, 4.69) is 49.5 Å². The van der Waals surface area contributed by atoms with Gasteiger partial charge in [-0.15, -0.1) is 5.10 Å². The average molecular weight is 354 g/mol. The number of fused-ring (bicyclic) bond motifs is 1. The van der Waals surface area contributed by atoms with E-state index in [1.807, 2.05) is 4.52 Å². The van der Waals surface area contributed by atoms with Crippen molar-refractivity contribution in [1.82, 2.24) is 20.0 Å². The van der Waals surface area contributed by atoms with Gasteiger partial charge in [0.05, 0.1) is 0 Å². The van der Waals surface area contributed by atoms with E-state index in [1.54, 1.807) is 0 Å². The lowest BCUT2D eigenvalue weighted by Gasteiger charge is -2.35. The summed E-state index contributed by atoms with van der Waals surface area (Å²) in [7, 11) is 2.47. The fraction of sp³-hybridized carbons (Fsp3) is 0.762. The first-order chi connectivity index (χ1) is 12.7. The SMILES string of the molecule is BC1(c2c(C(C)CCCCCC)ccn3nnnc23)CCCCCCC1. The van der Waals surface area contributed by atoms with E-state index >= 15 is 0 Å². The molecule has 0 spiro atoms. The van der Waals surface area contributed by atoms with Crippen molar-refractivity contribution < 1.29 is 0 Å². The van der Waals surface area contributed by atoms with Crippen molar-refractivity contribution >= 4 is 13.5 Å². The van der Waals surface area contributed by atoms with E-state index < -0.39 is 0 Å². The minimum absolute atomic E-state index is 0.199. The number of hydrogen-bond acceptors (Lipinski definition) is 3. The number of unbranched alkanes of at least 4 members (excludes halogenated alkanes) is 3. The monoisotopic (exact) mass is 354 g/mol. The second kappa shape index (κ2) is 9.01. The zero-order valence-electron chi connectivity index (χ0n) is 17.0. The molecule has 0 aromatic carbocycles. The second-order valence-corrected chi connectivity index (χ2v) is 8.67. The maximum absolute atomic E-state index is 4.45. The van der Waals surface area contributed by atoms with Gasteiger partial charge in [-0.05, 0) is 39.7 Å². The minimum atomic E-state index is 0.199. The molecule has 3 rings (SSSR count). The molecule has 1 fully saturated rings. The Labute approximate surface area is 159 Å². The van der Waals surface area contributed by atoms with Crippen LogP contribution in [0.4, 0.5) is 0 Å². The van der Waals surface area contributed by atoms with Crippen molar-refractivity contribution in [3.63, 3.8) is 0 Å². The van der Waals surface area contributed by atoms with Crippen LogP contribution in [0.3, 0.4) is 0 Å². The highest BCUT2D eigenvalue weighted by molar-refractivity contribution is 6.16. The molecule has 0 N–H and O–H groups in total. The fourth-order valence-electron chi connectivity index (χ4n) is 4.82. The van der Waals surface area contributed by atoms with Crippen molar-refractivity contribution in [2.45, 2.75) is 102 Å². The van der Waals surface area contributed by atoms with E-state index in [-0.39, 0.29) is 5.31 Å². The fourth-order valence-corrected chi connectivity index (χ4v) is 4.82. The molecule has 1 saturated carbocycles. The van der Waals surface area contributed by atoms with Crippen molar-refractivity contribution in [1.29, 1.82) is 0 Å². The van der Waals surface area contributed by atoms with E-state index in [0.29, 0.717) is 5.92 Å². The van der Waals surface area contributed by atoms with Gasteiger partial charge in [-0.1, -0.05) is 84.5 Å². The van der Waals surface area contributed by atoms with Gasteiger partial charge in [-0.25, -0.2) is 4.52 Å². The van der Waals surface area contributed by atoms with Crippen LogP contribution in [0.5, 0.6) is 0 Å². The van der Waals surface area contributed by atoms with Crippen LogP contribution in [0.1, 0.15) is 108 Å². The molecular formula is C21H35BN4. The van der Waals surface area contributed by atoms with Crippen LogP contribution >= 0.6 is 0 Å². The maximum Gasteiger partial charge on any atom is 0.182 e. The van der Waals surface area contributed by atoms with Crippen molar-refractivity contribution in [2.75, 3.05) is 0 Å². The van der Waals surface area contributed by atoms with Crippen LogP contribution in [0.25, 0.3) is 5.65 Å². The molecule has 0 radical (unpaired) electrons. The smallest absolute Gasteiger partial charge is 0.182 e. The normalized spacial score (nSPS) is 19.2. The number of hydrogen-bond donors (Lipinski definition) is 0. The standard InChI is InChI=1S/C21H35BN4/c1-3-4-5-9-12-17(2)18-13-16-26-20(23-24-25-26)19(18)21(22)14-10-7-6-8-11-15-21/h13,16-17H,3-12,14-15,22H2,1-2H3. The molecule has 5 heteroatoms. The highest BCUT2D eigenvalue weighted by Gasteiger charge is 2.33. The van der Waals surface area contributed by atoms with Gasteiger partial charge < -0.3 is 0 Å². The first kappa shape index (κ1) is 19.4. The highest BCUT2D eigenvalue weighted by atomic mass is 15.5. The van der Waals surface area contributed by atoms with Crippen molar-refractivity contribution in [3.8, 4) is 0 Å². The molecule has 2 aromatic heterocycles. The summed E-state index contributed by atoms with van der Waals surface area (Å²) in [6.07, 6.45) is 17.9. The minimum Gasteiger partial charge on any atom is -0.200 e. The molecule has 0 bridgehead atoms. The number of rotatable bonds is 7. The molecule has 1 aliphatic rings. The van der Waals surface area contributed by atoms with Gasteiger partial charge in [-0.2, -0.15) is 0 Å². The molecule has 1 unspecified atom stereocenters.